The fourth-order valence-electron chi connectivity index (χ4n) is 2.37. The predicted molar refractivity (Wildman–Crippen MR) is 68.8 cm³/mol. The zero-order chi connectivity index (χ0) is 12.9. The van der Waals surface area contributed by atoms with Crippen molar-refractivity contribution < 1.29 is 8.42 Å². The third-order valence-corrected chi connectivity index (χ3v) is 5.16. The van der Waals surface area contributed by atoms with Gasteiger partial charge >= 0.3 is 0 Å². The molecule has 0 unspecified atom stereocenters. The van der Waals surface area contributed by atoms with Gasteiger partial charge in [-0.1, -0.05) is 12.1 Å². The van der Waals surface area contributed by atoms with Crippen LogP contribution in [0.3, 0.4) is 0 Å². The van der Waals surface area contributed by atoms with E-state index in [-0.39, 0.29) is 5.75 Å². The van der Waals surface area contributed by atoms with Gasteiger partial charge in [-0.15, -0.1) is 0 Å². The smallest absolute Gasteiger partial charge is 0.178 e. The van der Waals surface area contributed by atoms with Gasteiger partial charge in [0.05, 0.1) is 16.8 Å². The van der Waals surface area contributed by atoms with Gasteiger partial charge in [0.1, 0.15) is 5.82 Å². The molecule has 1 aliphatic rings. The number of nitrogens with two attached hydrogens (primary N) is 1. The molecule has 0 fully saturated rings. The fourth-order valence-corrected chi connectivity index (χ4v) is 3.93. The van der Waals surface area contributed by atoms with E-state index in [1.165, 1.54) is 0 Å². The third kappa shape index (κ3) is 1.45. The van der Waals surface area contributed by atoms with E-state index in [4.69, 9.17) is 5.73 Å². The summed E-state index contributed by atoms with van der Waals surface area (Å²) in [6.45, 7) is 0. The van der Waals surface area contributed by atoms with Crippen molar-refractivity contribution in [1.82, 2.24) is 9.78 Å². The molecule has 0 atom stereocenters. The first kappa shape index (κ1) is 11.3. The predicted octanol–water partition coefficient (Wildman–Crippen LogP) is 0.999. The first-order valence-corrected chi connectivity index (χ1v) is 7.28. The standard InChI is InChI=1S/C12H13N3O2S/c1-15-12(13)10(7-14-15)8-3-2-4-11-9(8)5-6-18(11,16)17/h2-4,7H,5-6,13H2,1H3. The van der Waals surface area contributed by atoms with Crippen LogP contribution in [-0.4, -0.2) is 24.0 Å². The number of aryl methyl sites for hydroxylation is 1. The summed E-state index contributed by atoms with van der Waals surface area (Å²) in [6.07, 6.45) is 2.22. The summed E-state index contributed by atoms with van der Waals surface area (Å²) >= 11 is 0. The highest BCUT2D eigenvalue weighted by Gasteiger charge is 2.29. The Bertz CT molecular complexity index is 732. The van der Waals surface area contributed by atoms with Crippen LogP contribution in [0.1, 0.15) is 5.56 Å². The van der Waals surface area contributed by atoms with Crippen molar-refractivity contribution >= 4 is 15.7 Å². The number of nitrogens with zero attached hydrogens (tertiary/aromatic N) is 2. The van der Waals surface area contributed by atoms with Gasteiger partial charge in [0, 0.05) is 12.6 Å². The Morgan fingerprint density at radius 2 is 2.11 bits per heavy atom. The van der Waals surface area contributed by atoms with E-state index in [9.17, 15) is 8.42 Å². The SMILES string of the molecule is Cn1ncc(-c2cccc3c2CCS3(=O)=O)c1N. The molecule has 2 N–H and O–H groups in total. The number of benzene rings is 1. The number of rotatable bonds is 1. The summed E-state index contributed by atoms with van der Waals surface area (Å²) < 4.78 is 25.3. The summed E-state index contributed by atoms with van der Waals surface area (Å²) in [6, 6.07) is 5.31. The molecule has 0 aliphatic carbocycles. The number of hydrogen-bond donors (Lipinski definition) is 1. The molecule has 0 bridgehead atoms. The summed E-state index contributed by atoms with van der Waals surface area (Å²) in [7, 11) is -1.35. The summed E-state index contributed by atoms with van der Waals surface area (Å²) in [5.74, 6) is 0.729. The van der Waals surface area contributed by atoms with Crippen molar-refractivity contribution in [2.45, 2.75) is 11.3 Å². The maximum atomic E-state index is 11.9. The van der Waals surface area contributed by atoms with Gasteiger partial charge < -0.3 is 5.73 Å². The van der Waals surface area contributed by atoms with Crippen molar-refractivity contribution in [2.24, 2.45) is 7.05 Å². The van der Waals surface area contributed by atoms with E-state index in [0.29, 0.717) is 17.1 Å². The third-order valence-electron chi connectivity index (χ3n) is 3.36. The van der Waals surface area contributed by atoms with Crippen molar-refractivity contribution in [3.8, 4) is 11.1 Å². The Morgan fingerprint density at radius 1 is 1.33 bits per heavy atom. The number of anilines is 1. The highest BCUT2D eigenvalue weighted by Crippen LogP contribution is 2.36. The lowest BCUT2D eigenvalue weighted by atomic mass is 10.0. The van der Waals surface area contributed by atoms with Crippen LogP contribution in [-0.2, 0) is 23.3 Å². The molecule has 2 aromatic rings. The summed E-state index contributed by atoms with van der Waals surface area (Å²) in [4.78, 5) is 0.434. The van der Waals surface area contributed by atoms with Crippen LogP contribution in [0.15, 0.2) is 29.3 Å². The molecule has 3 rings (SSSR count). The second-order valence-corrected chi connectivity index (χ2v) is 6.50. The normalized spacial score (nSPS) is 16.7. The van der Waals surface area contributed by atoms with Crippen LogP contribution in [0.25, 0.3) is 11.1 Å². The van der Waals surface area contributed by atoms with Crippen LogP contribution in [0.4, 0.5) is 5.82 Å². The summed E-state index contributed by atoms with van der Waals surface area (Å²) in [5.41, 5.74) is 8.48. The molecule has 94 valence electrons. The maximum Gasteiger partial charge on any atom is 0.178 e. The van der Waals surface area contributed by atoms with Crippen LogP contribution in [0.5, 0.6) is 0 Å². The van der Waals surface area contributed by atoms with Crippen molar-refractivity contribution in [3.63, 3.8) is 0 Å². The molecule has 5 nitrogen and oxygen atoms in total. The Kier molecular flexibility index (Phi) is 2.25. The summed E-state index contributed by atoms with van der Waals surface area (Å²) in [5, 5.41) is 4.10. The van der Waals surface area contributed by atoms with Crippen molar-refractivity contribution in [2.75, 3.05) is 11.5 Å². The molecule has 0 saturated heterocycles. The van der Waals surface area contributed by atoms with E-state index in [0.717, 1.165) is 16.7 Å². The second-order valence-electron chi connectivity index (χ2n) is 4.42. The zero-order valence-corrected chi connectivity index (χ0v) is 10.7. The maximum absolute atomic E-state index is 11.9. The lowest BCUT2D eigenvalue weighted by Gasteiger charge is -2.06. The number of sulfone groups is 1. The minimum atomic E-state index is -3.11. The van der Waals surface area contributed by atoms with Gasteiger partial charge in [0.15, 0.2) is 9.84 Å². The van der Waals surface area contributed by atoms with Crippen LogP contribution in [0, 0.1) is 0 Å². The monoisotopic (exact) mass is 263 g/mol. The van der Waals surface area contributed by atoms with Gasteiger partial charge in [0.2, 0.25) is 0 Å². The highest BCUT2D eigenvalue weighted by molar-refractivity contribution is 7.91. The first-order valence-electron chi connectivity index (χ1n) is 5.63. The van der Waals surface area contributed by atoms with Crippen LogP contribution < -0.4 is 5.73 Å². The van der Waals surface area contributed by atoms with E-state index in [1.807, 2.05) is 6.07 Å². The quantitative estimate of drug-likeness (QED) is 0.832. The van der Waals surface area contributed by atoms with Crippen LogP contribution >= 0.6 is 0 Å². The molecule has 2 heterocycles. The molecule has 0 radical (unpaired) electrons. The molecular weight excluding hydrogens is 250 g/mol. The van der Waals surface area contributed by atoms with E-state index >= 15 is 0 Å². The van der Waals surface area contributed by atoms with Crippen molar-refractivity contribution in [1.29, 1.82) is 0 Å². The van der Waals surface area contributed by atoms with Gasteiger partial charge in [-0.05, 0) is 23.6 Å². The molecule has 0 amide bonds. The number of aromatic nitrogens is 2. The average Bonchev–Trinajstić information content (AvgIpc) is 2.82. The Labute approximate surface area is 105 Å². The first-order chi connectivity index (χ1) is 8.50. The molecular formula is C12H13N3O2S. The largest absolute Gasteiger partial charge is 0.383 e. The average molecular weight is 263 g/mol. The number of nitrogen functional groups attached to an aromatic ring is 1. The minimum Gasteiger partial charge on any atom is -0.383 e. The minimum absolute atomic E-state index is 0.180. The number of fused-ring (bicyclic) bond motifs is 1. The van der Waals surface area contributed by atoms with Gasteiger partial charge in [-0.2, -0.15) is 5.10 Å². The molecule has 1 aromatic heterocycles. The second kappa shape index (κ2) is 3.58. The van der Waals surface area contributed by atoms with E-state index in [2.05, 4.69) is 5.10 Å². The lowest BCUT2D eigenvalue weighted by Crippen LogP contribution is -1.99. The van der Waals surface area contributed by atoms with Gasteiger partial charge in [-0.25, -0.2) is 8.42 Å². The van der Waals surface area contributed by atoms with E-state index in [1.54, 1.807) is 30.1 Å². The Morgan fingerprint density at radius 3 is 2.78 bits per heavy atom. The topological polar surface area (TPSA) is 78.0 Å². The van der Waals surface area contributed by atoms with Gasteiger partial charge in [-0.3, -0.25) is 4.68 Å². The molecule has 18 heavy (non-hydrogen) atoms. The molecule has 0 spiro atoms. The molecule has 1 aliphatic heterocycles. The Balaban J connectivity index is 2.28. The molecule has 1 aromatic carbocycles. The fraction of sp³-hybridized carbons (Fsp3) is 0.250. The molecule has 0 saturated carbocycles. The van der Waals surface area contributed by atoms with Crippen LogP contribution in [0.2, 0.25) is 0 Å². The zero-order valence-electron chi connectivity index (χ0n) is 9.92. The van der Waals surface area contributed by atoms with E-state index < -0.39 is 9.84 Å². The highest BCUT2D eigenvalue weighted by atomic mass is 32.2. The van der Waals surface area contributed by atoms with Crippen molar-refractivity contribution in [3.05, 3.63) is 30.0 Å². The van der Waals surface area contributed by atoms with Gasteiger partial charge in [0.25, 0.3) is 0 Å². The lowest BCUT2D eigenvalue weighted by molar-refractivity contribution is 0.600. The number of hydrogen-bond acceptors (Lipinski definition) is 4. The molecule has 6 heteroatoms. The Hall–Kier alpha value is -1.82.